The van der Waals surface area contributed by atoms with Crippen molar-refractivity contribution >= 4 is 23.2 Å². The molecule has 0 heterocycles. The van der Waals surface area contributed by atoms with Crippen LogP contribution in [0, 0.1) is 11.8 Å². The predicted octanol–water partition coefficient (Wildman–Crippen LogP) is 10.1. The summed E-state index contributed by atoms with van der Waals surface area (Å²) in [4.78, 5) is 0. The third-order valence-electron chi connectivity index (χ3n) is 5.67. The molecule has 0 radical (unpaired) electrons. The van der Waals surface area contributed by atoms with E-state index in [2.05, 4.69) is 65.8 Å². The van der Waals surface area contributed by atoms with Crippen LogP contribution >= 0.6 is 23.2 Å². The van der Waals surface area contributed by atoms with Crippen molar-refractivity contribution < 1.29 is 0 Å². The van der Waals surface area contributed by atoms with Crippen LogP contribution in [0.5, 0.6) is 0 Å². The second-order valence-corrected chi connectivity index (χ2v) is 9.85. The van der Waals surface area contributed by atoms with Gasteiger partial charge in [-0.1, -0.05) is 133 Å². The number of benzene rings is 2. The van der Waals surface area contributed by atoms with Gasteiger partial charge in [-0.25, -0.2) is 0 Å². The maximum absolute atomic E-state index is 5.83. The molecule has 0 N–H and O–H groups in total. The highest BCUT2D eigenvalue weighted by Gasteiger charge is 2.15. The van der Waals surface area contributed by atoms with E-state index in [4.69, 9.17) is 23.2 Å². The summed E-state index contributed by atoms with van der Waals surface area (Å²) in [6, 6.07) is 16.3. The first-order valence-electron chi connectivity index (χ1n) is 11.2. The second-order valence-electron chi connectivity index (χ2n) is 9.04. The first kappa shape index (κ1) is 26.1. The summed E-state index contributed by atoms with van der Waals surface area (Å²) >= 11 is 11.6. The van der Waals surface area contributed by atoms with E-state index in [1.165, 1.54) is 43.2 Å². The fraction of sp³-hybridized carbons (Fsp3) is 0.556. The molecule has 29 heavy (non-hydrogen) atoms. The molecule has 0 aromatic heterocycles. The standard InChI is InChI=1S/C9H10Cl2.C9H18.C9H12/c1-6(2)7-3-4-8(10)9(11)5-7;2*1-8(2)9-6-4-3-5-7-9/h3-6H,1-2H3;8-9H,3-7H2,1-2H3;3-8H,1-2H3. The Balaban J connectivity index is 0.000000219. The molecule has 1 aliphatic rings. The summed E-state index contributed by atoms with van der Waals surface area (Å²) in [5, 5.41) is 1.26. The van der Waals surface area contributed by atoms with Gasteiger partial charge in [0.1, 0.15) is 0 Å². The Kier molecular flexibility index (Phi) is 12.7. The van der Waals surface area contributed by atoms with Crippen molar-refractivity contribution in [3.63, 3.8) is 0 Å². The first-order chi connectivity index (χ1) is 13.7. The normalized spacial score (nSPS) is 14.3. The Hall–Kier alpha value is -0.980. The average Bonchev–Trinajstić information content (AvgIpc) is 2.72. The largest absolute Gasteiger partial charge is 0.0827 e. The van der Waals surface area contributed by atoms with Gasteiger partial charge in [-0.15, -0.1) is 0 Å². The molecule has 0 amide bonds. The van der Waals surface area contributed by atoms with Crippen molar-refractivity contribution in [2.75, 3.05) is 0 Å². The number of halogens is 2. The lowest BCUT2D eigenvalue weighted by molar-refractivity contribution is 0.279. The van der Waals surface area contributed by atoms with E-state index in [9.17, 15) is 0 Å². The minimum atomic E-state index is 0.504. The molecule has 0 aliphatic heterocycles. The summed E-state index contributed by atoms with van der Waals surface area (Å²) in [6.07, 6.45) is 7.46. The molecule has 0 spiro atoms. The molecule has 1 aliphatic carbocycles. The summed E-state index contributed by atoms with van der Waals surface area (Å²) in [5.41, 5.74) is 2.64. The van der Waals surface area contributed by atoms with Crippen molar-refractivity contribution in [1.29, 1.82) is 0 Å². The van der Waals surface area contributed by atoms with E-state index in [-0.39, 0.29) is 0 Å². The minimum absolute atomic E-state index is 0.504. The quantitative estimate of drug-likeness (QED) is 0.450. The topological polar surface area (TPSA) is 0 Å². The Morgan fingerprint density at radius 2 is 1.21 bits per heavy atom. The van der Waals surface area contributed by atoms with Crippen LogP contribution in [0.1, 0.15) is 96.6 Å². The monoisotopic (exact) mass is 434 g/mol. The fourth-order valence-corrected chi connectivity index (χ4v) is 3.82. The average molecular weight is 436 g/mol. The lowest BCUT2D eigenvalue weighted by atomic mass is 9.82. The van der Waals surface area contributed by atoms with Crippen LogP contribution in [0.4, 0.5) is 0 Å². The van der Waals surface area contributed by atoms with Gasteiger partial charge < -0.3 is 0 Å². The lowest BCUT2D eigenvalue weighted by Gasteiger charge is -2.24. The van der Waals surface area contributed by atoms with Gasteiger partial charge in [0, 0.05) is 0 Å². The highest BCUT2D eigenvalue weighted by Crippen LogP contribution is 2.29. The van der Waals surface area contributed by atoms with Crippen LogP contribution in [0.25, 0.3) is 0 Å². The number of rotatable bonds is 3. The van der Waals surface area contributed by atoms with Gasteiger partial charge in [0.2, 0.25) is 0 Å². The van der Waals surface area contributed by atoms with Crippen molar-refractivity contribution in [1.82, 2.24) is 0 Å². The molecule has 1 fully saturated rings. The minimum Gasteiger partial charge on any atom is -0.0827 e. The molecule has 2 heteroatoms. The number of hydrogen-bond acceptors (Lipinski definition) is 0. The maximum Gasteiger partial charge on any atom is 0.0595 e. The lowest BCUT2D eigenvalue weighted by Crippen LogP contribution is -2.12. The SMILES string of the molecule is CC(C)C1CCCCC1.CC(C)c1ccc(Cl)c(Cl)c1.CC(C)c1ccccc1. The van der Waals surface area contributed by atoms with E-state index in [0.29, 0.717) is 21.9 Å². The van der Waals surface area contributed by atoms with E-state index < -0.39 is 0 Å². The number of hydrogen-bond donors (Lipinski definition) is 0. The Bertz CT molecular complexity index is 668. The van der Waals surface area contributed by atoms with Gasteiger partial charge in [0.15, 0.2) is 0 Å². The van der Waals surface area contributed by atoms with Crippen LogP contribution in [0.3, 0.4) is 0 Å². The Labute approximate surface area is 190 Å². The van der Waals surface area contributed by atoms with Crippen molar-refractivity contribution in [3.05, 3.63) is 69.7 Å². The third kappa shape index (κ3) is 10.6. The molecule has 2 aromatic rings. The highest BCUT2D eigenvalue weighted by atomic mass is 35.5. The zero-order valence-corrected chi connectivity index (χ0v) is 20.7. The molecule has 162 valence electrons. The molecule has 0 bridgehead atoms. The van der Waals surface area contributed by atoms with Crippen molar-refractivity contribution in [3.8, 4) is 0 Å². The summed E-state index contributed by atoms with van der Waals surface area (Å²) < 4.78 is 0. The van der Waals surface area contributed by atoms with Crippen LogP contribution in [-0.4, -0.2) is 0 Å². The van der Waals surface area contributed by atoms with Gasteiger partial charge in [-0.05, 0) is 46.9 Å². The third-order valence-corrected chi connectivity index (χ3v) is 6.41. The van der Waals surface area contributed by atoms with Gasteiger partial charge in [-0.2, -0.15) is 0 Å². The summed E-state index contributed by atoms with van der Waals surface area (Å²) in [6.45, 7) is 13.4. The van der Waals surface area contributed by atoms with Gasteiger partial charge >= 0.3 is 0 Å². The van der Waals surface area contributed by atoms with Crippen molar-refractivity contribution in [2.45, 2.75) is 85.5 Å². The van der Waals surface area contributed by atoms with Crippen LogP contribution < -0.4 is 0 Å². The van der Waals surface area contributed by atoms with Crippen LogP contribution in [-0.2, 0) is 0 Å². The zero-order chi connectivity index (χ0) is 21.8. The molecule has 2 aromatic carbocycles. The molecule has 0 nitrogen and oxygen atoms in total. The van der Waals surface area contributed by atoms with Gasteiger partial charge in [0.25, 0.3) is 0 Å². The molecule has 1 saturated carbocycles. The summed E-state index contributed by atoms with van der Waals surface area (Å²) in [5.74, 6) is 3.15. The van der Waals surface area contributed by atoms with E-state index in [0.717, 1.165) is 11.8 Å². The Morgan fingerprint density at radius 3 is 1.59 bits per heavy atom. The van der Waals surface area contributed by atoms with Gasteiger partial charge in [0.05, 0.1) is 10.0 Å². The highest BCUT2D eigenvalue weighted by molar-refractivity contribution is 6.42. The smallest absolute Gasteiger partial charge is 0.0595 e. The zero-order valence-electron chi connectivity index (χ0n) is 19.2. The molecule has 0 atom stereocenters. The Morgan fingerprint density at radius 1 is 0.655 bits per heavy atom. The fourth-order valence-electron chi connectivity index (χ4n) is 3.51. The second kappa shape index (κ2) is 14.1. The van der Waals surface area contributed by atoms with Gasteiger partial charge in [-0.3, -0.25) is 0 Å². The molecule has 0 saturated heterocycles. The van der Waals surface area contributed by atoms with Crippen molar-refractivity contribution in [2.24, 2.45) is 11.8 Å². The molecular weight excluding hydrogens is 395 g/mol. The first-order valence-corrected chi connectivity index (χ1v) is 12.0. The molecule has 3 rings (SSSR count). The van der Waals surface area contributed by atoms with Crippen LogP contribution in [0.2, 0.25) is 10.0 Å². The predicted molar refractivity (Wildman–Crippen MR) is 132 cm³/mol. The molecular formula is C27H40Cl2. The van der Waals surface area contributed by atoms with E-state index >= 15 is 0 Å². The molecule has 0 unspecified atom stereocenters. The summed E-state index contributed by atoms with van der Waals surface area (Å²) in [7, 11) is 0. The van der Waals surface area contributed by atoms with E-state index in [1.54, 1.807) is 0 Å². The van der Waals surface area contributed by atoms with Crippen LogP contribution in [0.15, 0.2) is 48.5 Å². The van der Waals surface area contributed by atoms with E-state index in [1.807, 2.05) is 24.3 Å². The maximum atomic E-state index is 5.83.